The molecule has 1 aromatic rings. The first-order valence-electron chi connectivity index (χ1n) is 7.33. The van der Waals surface area contributed by atoms with Crippen molar-refractivity contribution in [3.05, 3.63) is 29.8 Å². The highest BCUT2D eigenvalue weighted by atomic mass is 16.5. The molecule has 1 aliphatic heterocycles. The van der Waals surface area contributed by atoms with Crippen LogP contribution in [0.3, 0.4) is 0 Å². The molecule has 1 heterocycles. The highest BCUT2D eigenvalue weighted by Crippen LogP contribution is 2.25. The van der Waals surface area contributed by atoms with Gasteiger partial charge in [0.2, 0.25) is 0 Å². The summed E-state index contributed by atoms with van der Waals surface area (Å²) in [5.41, 5.74) is 7.68. The zero-order chi connectivity index (χ0) is 14.5. The number of carbonyl (C=O) groups is 1. The van der Waals surface area contributed by atoms with Crippen molar-refractivity contribution in [2.24, 2.45) is 11.7 Å². The van der Waals surface area contributed by atoms with Crippen LogP contribution in [0.2, 0.25) is 0 Å². The molecule has 0 aromatic heterocycles. The van der Waals surface area contributed by atoms with Gasteiger partial charge in [0.25, 0.3) is 5.91 Å². The Bertz CT molecular complexity index is 462. The summed E-state index contributed by atoms with van der Waals surface area (Å²) in [5.74, 6) is 0.349. The van der Waals surface area contributed by atoms with E-state index in [9.17, 15) is 4.79 Å². The monoisotopic (exact) mass is 276 g/mol. The van der Waals surface area contributed by atoms with Crippen molar-refractivity contribution in [1.82, 2.24) is 0 Å². The van der Waals surface area contributed by atoms with E-state index in [0.29, 0.717) is 19.7 Å². The molecule has 2 unspecified atom stereocenters. The number of rotatable bonds is 5. The molecule has 2 atom stereocenters. The largest absolute Gasteiger partial charge is 0.368 e. The van der Waals surface area contributed by atoms with Crippen molar-refractivity contribution in [3.8, 4) is 0 Å². The fourth-order valence-corrected chi connectivity index (χ4v) is 2.58. The molecule has 0 saturated carbocycles. The van der Waals surface area contributed by atoms with E-state index < -0.39 is 0 Å². The number of benzene rings is 1. The minimum Gasteiger partial charge on any atom is -0.368 e. The van der Waals surface area contributed by atoms with Crippen LogP contribution in [0.5, 0.6) is 0 Å². The molecule has 0 radical (unpaired) electrons. The molecule has 4 heteroatoms. The van der Waals surface area contributed by atoms with Crippen LogP contribution in [0.1, 0.15) is 25.3 Å². The Labute approximate surface area is 120 Å². The third-order valence-corrected chi connectivity index (χ3v) is 3.80. The summed E-state index contributed by atoms with van der Waals surface area (Å²) in [4.78, 5) is 14.6. The molecule has 20 heavy (non-hydrogen) atoms. The summed E-state index contributed by atoms with van der Waals surface area (Å²) < 4.78 is 5.62. The number of aryl methyl sites for hydroxylation is 1. The van der Waals surface area contributed by atoms with Gasteiger partial charge in [0.1, 0.15) is 6.10 Å². The minimum atomic E-state index is -0.312. The fraction of sp³-hybridized carbons (Fsp3) is 0.562. The zero-order valence-electron chi connectivity index (χ0n) is 12.3. The Morgan fingerprint density at radius 1 is 1.50 bits per heavy atom. The number of hydrogen-bond acceptors (Lipinski definition) is 3. The second-order valence-electron chi connectivity index (χ2n) is 5.53. The number of carbonyl (C=O) groups excluding carboxylic acids is 1. The van der Waals surface area contributed by atoms with E-state index >= 15 is 0 Å². The van der Waals surface area contributed by atoms with E-state index in [1.165, 1.54) is 0 Å². The summed E-state index contributed by atoms with van der Waals surface area (Å²) in [6, 6.07) is 8.02. The molecular weight excluding hydrogens is 252 g/mol. The van der Waals surface area contributed by atoms with Crippen molar-refractivity contribution >= 4 is 11.6 Å². The van der Waals surface area contributed by atoms with Crippen LogP contribution in [-0.2, 0) is 9.53 Å². The van der Waals surface area contributed by atoms with Crippen LogP contribution in [0, 0.1) is 12.8 Å². The first-order chi connectivity index (χ1) is 9.63. The standard InChI is InChI=1S/C16H24N2O2/c1-12-5-3-6-14(11-12)18(9-4-8-17)16(19)15-13(2)7-10-20-15/h3,5-6,11,13,15H,4,7-10,17H2,1-2H3. The Kier molecular flexibility index (Phi) is 5.15. The molecule has 2 rings (SSSR count). The van der Waals surface area contributed by atoms with Gasteiger partial charge in [-0.15, -0.1) is 0 Å². The second-order valence-corrected chi connectivity index (χ2v) is 5.53. The summed E-state index contributed by atoms with van der Waals surface area (Å²) in [5, 5.41) is 0. The second kappa shape index (κ2) is 6.86. The average Bonchev–Trinajstić information content (AvgIpc) is 2.85. The van der Waals surface area contributed by atoms with E-state index in [0.717, 1.165) is 24.1 Å². The molecule has 1 amide bonds. The molecule has 1 saturated heterocycles. The van der Waals surface area contributed by atoms with Crippen molar-refractivity contribution in [2.45, 2.75) is 32.8 Å². The maximum atomic E-state index is 12.7. The van der Waals surface area contributed by atoms with E-state index in [2.05, 4.69) is 6.92 Å². The number of nitrogens with zero attached hydrogens (tertiary/aromatic N) is 1. The van der Waals surface area contributed by atoms with E-state index in [1.807, 2.05) is 36.1 Å². The zero-order valence-corrected chi connectivity index (χ0v) is 12.3. The molecule has 1 fully saturated rings. The van der Waals surface area contributed by atoms with Crippen molar-refractivity contribution in [3.63, 3.8) is 0 Å². The number of nitrogens with two attached hydrogens (primary N) is 1. The molecular formula is C16H24N2O2. The van der Waals surface area contributed by atoms with Crippen molar-refractivity contribution < 1.29 is 9.53 Å². The van der Waals surface area contributed by atoms with Gasteiger partial charge in [-0.3, -0.25) is 4.79 Å². The SMILES string of the molecule is Cc1cccc(N(CCCN)C(=O)C2OCCC2C)c1. The smallest absolute Gasteiger partial charge is 0.256 e. The first-order valence-corrected chi connectivity index (χ1v) is 7.33. The van der Waals surface area contributed by atoms with Gasteiger partial charge in [-0.25, -0.2) is 0 Å². The summed E-state index contributed by atoms with van der Waals surface area (Å²) in [7, 11) is 0. The quantitative estimate of drug-likeness (QED) is 0.896. The van der Waals surface area contributed by atoms with Gasteiger partial charge in [0.15, 0.2) is 0 Å². The van der Waals surface area contributed by atoms with Gasteiger partial charge < -0.3 is 15.4 Å². The highest BCUT2D eigenvalue weighted by molar-refractivity contribution is 5.97. The lowest BCUT2D eigenvalue weighted by atomic mass is 10.0. The van der Waals surface area contributed by atoms with Crippen LogP contribution in [-0.4, -0.2) is 31.7 Å². The topological polar surface area (TPSA) is 55.6 Å². The molecule has 0 spiro atoms. The highest BCUT2D eigenvalue weighted by Gasteiger charge is 2.34. The van der Waals surface area contributed by atoms with Gasteiger partial charge in [-0.2, -0.15) is 0 Å². The number of amides is 1. The lowest BCUT2D eigenvalue weighted by Crippen LogP contribution is -2.42. The molecule has 1 aromatic carbocycles. The van der Waals surface area contributed by atoms with E-state index in [1.54, 1.807) is 0 Å². The minimum absolute atomic E-state index is 0.0639. The number of hydrogen-bond donors (Lipinski definition) is 1. The van der Waals surface area contributed by atoms with Gasteiger partial charge in [0.05, 0.1) is 0 Å². The number of ether oxygens (including phenoxy) is 1. The number of anilines is 1. The van der Waals surface area contributed by atoms with Gasteiger partial charge in [-0.05, 0) is 49.9 Å². The van der Waals surface area contributed by atoms with Gasteiger partial charge in [-0.1, -0.05) is 19.1 Å². The van der Waals surface area contributed by atoms with Crippen LogP contribution >= 0.6 is 0 Å². The molecule has 1 aliphatic rings. The summed E-state index contributed by atoms with van der Waals surface area (Å²) >= 11 is 0. The van der Waals surface area contributed by atoms with Crippen LogP contribution in [0.4, 0.5) is 5.69 Å². The lowest BCUT2D eigenvalue weighted by molar-refractivity contribution is -0.128. The summed E-state index contributed by atoms with van der Waals surface area (Å²) in [6.07, 6.45) is 1.43. The Balaban J connectivity index is 2.20. The predicted octanol–water partition coefficient (Wildman–Crippen LogP) is 2.10. The normalized spacial score (nSPS) is 21.9. The molecule has 0 bridgehead atoms. The third kappa shape index (κ3) is 3.38. The Morgan fingerprint density at radius 2 is 2.30 bits per heavy atom. The average molecular weight is 276 g/mol. The van der Waals surface area contributed by atoms with Crippen LogP contribution in [0.25, 0.3) is 0 Å². The molecule has 0 aliphatic carbocycles. The Hall–Kier alpha value is -1.39. The Morgan fingerprint density at radius 3 is 2.90 bits per heavy atom. The first kappa shape index (κ1) is 15.0. The molecule has 4 nitrogen and oxygen atoms in total. The van der Waals surface area contributed by atoms with Crippen molar-refractivity contribution in [1.29, 1.82) is 0 Å². The van der Waals surface area contributed by atoms with Crippen LogP contribution < -0.4 is 10.6 Å². The third-order valence-electron chi connectivity index (χ3n) is 3.80. The predicted molar refractivity (Wildman–Crippen MR) is 80.7 cm³/mol. The van der Waals surface area contributed by atoms with Crippen LogP contribution in [0.15, 0.2) is 24.3 Å². The maximum Gasteiger partial charge on any atom is 0.256 e. The van der Waals surface area contributed by atoms with E-state index in [-0.39, 0.29) is 17.9 Å². The molecule has 2 N–H and O–H groups in total. The molecule has 110 valence electrons. The van der Waals surface area contributed by atoms with E-state index in [4.69, 9.17) is 10.5 Å². The fourth-order valence-electron chi connectivity index (χ4n) is 2.58. The van der Waals surface area contributed by atoms with Gasteiger partial charge in [0, 0.05) is 18.8 Å². The maximum absolute atomic E-state index is 12.7. The van der Waals surface area contributed by atoms with Crippen molar-refractivity contribution in [2.75, 3.05) is 24.6 Å². The summed E-state index contributed by atoms with van der Waals surface area (Å²) in [6.45, 7) is 6.01. The lowest BCUT2D eigenvalue weighted by Gasteiger charge is -2.27. The van der Waals surface area contributed by atoms with Gasteiger partial charge >= 0.3 is 0 Å².